The van der Waals surface area contributed by atoms with Crippen molar-refractivity contribution in [2.45, 2.75) is 123 Å². The van der Waals surface area contributed by atoms with E-state index in [0.29, 0.717) is 5.92 Å². The lowest BCUT2D eigenvalue weighted by molar-refractivity contribution is 0.0708. The second-order valence-corrected chi connectivity index (χ2v) is 10.3. The molecule has 1 aromatic heterocycles. The van der Waals surface area contributed by atoms with Gasteiger partial charge in [-0.25, -0.2) is 0 Å². The van der Waals surface area contributed by atoms with Crippen molar-refractivity contribution in [3.63, 3.8) is 0 Å². The van der Waals surface area contributed by atoms with Gasteiger partial charge in [-0.2, -0.15) is 0 Å². The van der Waals surface area contributed by atoms with Crippen molar-refractivity contribution in [2.24, 2.45) is 0 Å². The van der Waals surface area contributed by atoms with Crippen molar-refractivity contribution in [2.75, 3.05) is 13.1 Å². The van der Waals surface area contributed by atoms with Crippen LogP contribution in [0.25, 0.3) is 0 Å². The zero-order valence-electron chi connectivity index (χ0n) is 19.7. The summed E-state index contributed by atoms with van der Waals surface area (Å²) in [7, 11) is 0. The second kappa shape index (κ2) is 10.8. The lowest BCUT2D eigenvalue weighted by atomic mass is 9.74. The molecule has 0 saturated carbocycles. The van der Waals surface area contributed by atoms with Crippen molar-refractivity contribution < 1.29 is 0 Å². The number of hydrogen-bond donors (Lipinski definition) is 0. The van der Waals surface area contributed by atoms with Crippen LogP contribution in [0.15, 0.2) is 18.3 Å². The van der Waals surface area contributed by atoms with E-state index in [1.807, 2.05) is 0 Å². The quantitative estimate of drug-likeness (QED) is 0.366. The summed E-state index contributed by atoms with van der Waals surface area (Å²) in [4.78, 5) is 7.66. The molecule has 0 N–H and O–H groups in total. The first-order valence-corrected chi connectivity index (χ1v) is 12.0. The molecular formula is C26H46N2. The topological polar surface area (TPSA) is 16.1 Å². The Morgan fingerprint density at radius 1 is 0.964 bits per heavy atom. The third-order valence-electron chi connectivity index (χ3n) is 6.97. The van der Waals surface area contributed by atoms with Crippen LogP contribution in [-0.4, -0.2) is 28.5 Å². The van der Waals surface area contributed by atoms with E-state index in [1.54, 1.807) is 0 Å². The molecule has 0 bridgehead atoms. The van der Waals surface area contributed by atoms with E-state index < -0.39 is 0 Å². The third kappa shape index (κ3) is 6.58. The molecule has 1 aliphatic rings. The summed E-state index contributed by atoms with van der Waals surface area (Å²) in [5, 5.41) is 0. The third-order valence-corrected chi connectivity index (χ3v) is 6.97. The average molecular weight is 387 g/mol. The number of likely N-dealkylation sites (tertiary alicyclic amines) is 1. The van der Waals surface area contributed by atoms with Crippen molar-refractivity contribution in [1.29, 1.82) is 0 Å². The zero-order valence-corrected chi connectivity index (χ0v) is 19.7. The molecule has 28 heavy (non-hydrogen) atoms. The van der Waals surface area contributed by atoms with Crippen LogP contribution >= 0.6 is 0 Å². The summed E-state index contributed by atoms with van der Waals surface area (Å²) in [6, 6.07) is 4.68. The molecular weight excluding hydrogens is 340 g/mol. The van der Waals surface area contributed by atoms with Crippen LogP contribution in [0.4, 0.5) is 0 Å². The predicted molar refractivity (Wildman–Crippen MR) is 123 cm³/mol. The number of pyridine rings is 1. The smallest absolute Gasteiger partial charge is 0.0434 e. The standard InChI is InChI=1S/C26H46N2/c1-7-9-10-12-15-22(8-2)24-17-16-23(20-27-24)25(3,4)21-26(5,6)28-18-13-11-14-19-28/h16-17,20,22H,7-15,18-19,21H2,1-6H3. The molecule has 0 aromatic carbocycles. The number of piperidine rings is 1. The summed E-state index contributed by atoms with van der Waals surface area (Å²) >= 11 is 0. The second-order valence-electron chi connectivity index (χ2n) is 10.3. The summed E-state index contributed by atoms with van der Waals surface area (Å²) < 4.78 is 0. The predicted octanol–water partition coefficient (Wildman–Crippen LogP) is 7.48. The van der Waals surface area contributed by atoms with Gasteiger partial charge in [0.05, 0.1) is 0 Å². The fourth-order valence-corrected chi connectivity index (χ4v) is 5.22. The highest BCUT2D eigenvalue weighted by Gasteiger charge is 2.35. The fraction of sp³-hybridized carbons (Fsp3) is 0.808. The van der Waals surface area contributed by atoms with Gasteiger partial charge in [-0.05, 0) is 76.1 Å². The summed E-state index contributed by atoms with van der Waals surface area (Å²) in [6.07, 6.45) is 15.3. The van der Waals surface area contributed by atoms with Crippen LogP contribution in [0.1, 0.15) is 123 Å². The van der Waals surface area contributed by atoms with E-state index >= 15 is 0 Å². The van der Waals surface area contributed by atoms with Crippen LogP contribution in [0.3, 0.4) is 0 Å². The minimum absolute atomic E-state index is 0.148. The highest BCUT2D eigenvalue weighted by atomic mass is 15.2. The van der Waals surface area contributed by atoms with Gasteiger partial charge in [-0.1, -0.05) is 65.9 Å². The molecule has 1 aromatic rings. The number of aromatic nitrogens is 1. The number of unbranched alkanes of at least 4 members (excludes halogenated alkanes) is 3. The van der Waals surface area contributed by atoms with E-state index in [0.717, 1.165) is 0 Å². The molecule has 160 valence electrons. The van der Waals surface area contributed by atoms with Gasteiger partial charge < -0.3 is 0 Å². The van der Waals surface area contributed by atoms with Gasteiger partial charge in [0.25, 0.3) is 0 Å². The maximum atomic E-state index is 4.94. The number of nitrogens with zero attached hydrogens (tertiary/aromatic N) is 2. The molecule has 1 atom stereocenters. The van der Waals surface area contributed by atoms with E-state index in [4.69, 9.17) is 4.98 Å². The first-order valence-electron chi connectivity index (χ1n) is 12.0. The molecule has 1 saturated heterocycles. The molecule has 1 fully saturated rings. The summed E-state index contributed by atoms with van der Waals surface area (Å²) in [5.74, 6) is 0.624. The maximum absolute atomic E-state index is 4.94. The van der Waals surface area contributed by atoms with Crippen LogP contribution < -0.4 is 0 Å². The molecule has 2 heterocycles. The highest BCUT2D eigenvalue weighted by molar-refractivity contribution is 5.24. The Labute approximate surface area is 175 Å². The monoisotopic (exact) mass is 386 g/mol. The molecule has 2 rings (SSSR count). The number of rotatable bonds is 11. The molecule has 0 aliphatic carbocycles. The van der Waals surface area contributed by atoms with Crippen molar-refractivity contribution in [3.8, 4) is 0 Å². The van der Waals surface area contributed by atoms with Gasteiger partial charge in [0.15, 0.2) is 0 Å². The molecule has 0 spiro atoms. The van der Waals surface area contributed by atoms with Gasteiger partial charge in [-0.15, -0.1) is 0 Å². The van der Waals surface area contributed by atoms with Gasteiger partial charge >= 0.3 is 0 Å². The van der Waals surface area contributed by atoms with Crippen LogP contribution in [0.5, 0.6) is 0 Å². The molecule has 0 radical (unpaired) electrons. The average Bonchev–Trinajstić information content (AvgIpc) is 2.68. The Kier molecular flexibility index (Phi) is 8.99. The van der Waals surface area contributed by atoms with Crippen LogP contribution in [-0.2, 0) is 5.41 Å². The van der Waals surface area contributed by atoms with Gasteiger partial charge in [0.2, 0.25) is 0 Å². The molecule has 2 heteroatoms. The SMILES string of the molecule is CCCCCCC(CC)c1ccc(C(C)(C)CC(C)(C)N2CCCCC2)cn1. The highest BCUT2D eigenvalue weighted by Crippen LogP contribution is 2.36. The van der Waals surface area contributed by atoms with E-state index in [-0.39, 0.29) is 11.0 Å². The van der Waals surface area contributed by atoms with E-state index in [9.17, 15) is 0 Å². The minimum Gasteiger partial charge on any atom is -0.298 e. The number of hydrogen-bond acceptors (Lipinski definition) is 2. The van der Waals surface area contributed by atoms with E-state index in [1.165, 1.54) is 88.6 Å². The van der Waals surface area contributed by atoms with Crippen LogP contribution in [0, 0.1) is 0 Å². The Bertz CT molecular complexity index is 552. The van der Waals surface area contributed by atoms with E-state index in [2.05, 4.69) is 64.8 Å². The molecule has 0 amide bonds. The summed E-state index contributed by atoms with van der Waals surface area (Å²) in [6.45, 7) is 16.8. The zero-order chi connectivity index (χ0) is 20.6. The van der Waals surface area contributed by atoms with Crippen LogP contribution in [0.2, 0.25) is 0 Å². The van der Waals surface area contributed by atoms with Gasteiger partial charge in [-0.3, -0.25) is 9.88 Å². The Hall–Kier alpha value is -0.890. The Morgan fingerprint density at radius 3 is 2.25 bits per heavy atom. The van der Waals surface area contributed by atoms with Crippen molar-refractivity contribution in [3.05, 3.63) is 29.6 Å². The van der Waals surface area contributed by atoms with Crippen molar-refractivity contribution in [1.82, 2.24) is 9.88 Å². The lowest BCUT2D eigenvalue weighted by Gasteiger charge is -2.45. The fourth-order valence-electron chi connectivity index (χ4n) is 5.22. The Morgan fingerprint density at radius 2 is 1.68 bits per heavy atom. The Balaban J connectivity index is 2.01. The summed E-state index contributed by atoms with van der Waals surface area (Å²) in [5.41, 5.74) is 3.08. The van der Waals surface area contributed by atoms with Crippen molar-refractivity contribution >= 4 is 0 Å². The first kappa shape index (κ1) is 23.4. The molecule has 1 aliphatic heterocycles. The minimum atomic E-state index is 0.148. The van der Waals surface area contributed by atoms with Gasteiger partial charge in [0.1, 0.15) is 0 Å². The molecule has 1 unspecified atom stereocenters. The normalized spacial score (nSPS) is 17.6. The largest absolute Gasteiger partial charge is 0.298 e. The lowest BCUT2D eigenvalue weighted by Crippen LogP contribution is -2.49. The maximum Gasteiger partial charge on any atom is 0.0434 e. The first-order chi connectivity index (χ1) is 13.3. The van der Waals surface area contributed by atoms with Gasteiger partial charge in [0, 0.05) is 23.3 Å². The molecule has 2 nitrogen and oxygen atoms in total.